The van der Waals surface area contributed by atoms with Gasteiger partial charge in [0.1, 0.15) is 5.82 Å². The minimum Gasteiger partial charge on any atom is -0.340 e. The van der Waals surface area contributed by atoms with E-state index in [0.717, 1.165) is 18.2 Å². The lowest BCUT2D eigenvalue weighted by atomic mass is 9.99. The van der Waals surface area contributed by atoms with Crippen LogP contribution in [0.1, 0.15) is 28.9 Å². The van der Waals surface area contributed by atoms with E-state index in [1.807, 2.05) is 0 Å². The highest BCUT2D eigenvalue weighted by molar-refractivity contribution is 8.00. The average Bonchev–Trinajstić information content (AvgIpc) is 3.18. The number of carbonyl (C=O) groups is 1. The van der Waals surface area contributed by atoms with Crippen molar-refractivity contribution in [2.45, 2.75) is 47.5 Å². The molecule has 3 aromatic rings. The average molecular weight is 559 g/mol. The van der Waals surface area contributed by atoms with Gasteiger partial charge in [-0.25, -0.2) is 17.9 Å². The topological polar surface area (TPSA) is 124 Å². The number of rotatable bonds is 8. The zero-order valence-corrected chi connectivity index (χ0v) is 21.1. The molecule has 0 aliphatic carbocycles. The first-order chi connectivity index (χ1) is 17.3. The van der Waals surface area contributed by atoms with Crippen LogP contribution >= 0.6 is 11.8 Å². The molecular formula is C22H22F4N6O3S2. The minimum atomic E-state index is -4.52. The molecule has 0 saturated carbocycles. The van der Waals surface area contributed by atoms with Gasteiger partial charge in [0, 0.05) is 29.7 Å². The Morgan fingerprint density at radius 3 is 2.49 bits per heavy atom. The summed E-state index contributed by atoms with van der Waals surface area (Å²) in [7, 11) is -4.01. The molecule has 0 radical (unpaired) electrons. The van der Waals surface area contributed by atoms with Crippen LogP contribution in [0, 0.1) is 12.7 Å². The highest BCUT2D eigenvalue weighted by Gasteiger charge is 2.33. The van der Waals surface area contributed by atoms with E-state index in [0.29, 0.717) is 30.0 Å². The molecule has 1 aromatic heterocycles. The van der Waals surface area contributed by atoms with Crippen molar-refractivity contribution in [3.63, 3.8) is 0 Å². The van der Waals surface area contributed by atoms with Crippen LogP contribution in [0.15, 0.2) is 46.2 Å². The largest absolute Gasteiger partial charge is 0.416 e. The number of hydrogen-bond donors (Lipinski definition) is 1. The Morgan fingerprint density at radius 2 is 1.89 bits per heavy atom. The number of amides is 1. The molecule has 9 nitrogen and oxygen atoms in total. The summed E-state index contributed by atoms with van der Waals surface area (Å²) in [5, 5.41) is 16.5. The van der Waals surface area contributed by atoms with Gasteiger partial charge < -0.3 is 4.90 Å². The summed E-state index contributed by atoms with van der Waals surface area (Å²) < 4.78 is 76.7. The predicted octanol–water partition coefficient (Wildman–Crippen LogP) is 2.77. The molecule has 1 aliphatic heterocycles. The second kappa shape index (κ2) is 10.4. The number of benzene rings is 2. The second-order valence-corrected chi connectivity index (χ2v) is 11.4. The minimum absolute atomic E-state index is 0.0213. The van der Waals surface area contributed by atoms with Crippen molar-refractivity contribution in [3.05, 3.63) is 64.7 Å². The number of primary sulfonamides is 1. The fraction of sp³-hybridized carbons (Fsp3) is 0.364. The van der Waals surface area contributed by atoms with Crippen molar-refractivity contribution in [2.75, 3.05) is 13.1 Å². The van der Waals surface area contributed by atoms with Crippen molar-refractivity contribution < 1.29 is 30.8 Å². The van der Waals surface area contributed by atoms with Gasteiger partial charge in [0.05, 0.1) is 17.0 Å². The first-order valence-electron chi connectivity index (χ1n) is 11.0. The molecule has 0 atom stereocenters. The van der Waals surface area contributed by atoms with Gasteiger partial charge in [0.2, 0.25) is 15.9 Å². The van der Waals surface area contributed by atoms with E-state index in [4.69, 9.17) is 5.14 Å². The molecule has 1 amide bonds. The van der Waals surface area contributed by atoms with Crippen LogP contribution in [-0.2, 0) is 34.0 Å². The number of carbonyl (C=O) groups excluding carboxylic acids is 1. The van der Waals surface area contributed by atoms with E-state index in [-0.39, 0.29) is 40.3 Å². The van der Waals surface area contributed by atoms with E-state index < -0.39 is 27.6 Å². The lowest BCUT2D eigenvalue weighted by Crippen LogP contribution is -2.52. The summed E-state index contributed by atoms with van der Waals surface area (Å²) in [5.41, 5.74) is 0.108. The molecule has 37 heavy (non-hydrogen) atoms. The molecule has 1 saturated heterocycles. The van der Waals surface area contributed by atoms with E-state index in [1.54, 1.807) is 11.8 Å². The summed E-state index contributed by atoms with van der Waals surface area (Å²) in [5.74, 6) is -0.509. The maximum atomic E-state index is 14.3. The first-order valence-corrected chi connectivity index (χ1v) is 13.4. The Bertz CT molecular complexity index is 1420. The molecule has 2 heterocycles. The summed E-state index contributed by atoms with van der Waals surface area (Å²) in [6.45, 7) is 2.32. The highest BCUT2D eigenvalue weighted by Crippen LogP contribution is 2.33. The molecule has 15 heteroatoms. The fourth-order valence-electron chi connectivity index (χ4n) is 3.79. The van der Waals surface area contributed by atoms with Crippen molar-refractivity contribution in [2.24, 2.45) is 5.14 Å². The number of alkyl halides is 3. The normalized spacial score (nSPS) is 14.6. The van der Waals surface area contributed by atoms with Crippen LogP contribution in [0.2, 0.25) is 0 Å². The van der Waals surface area contributed by atoms with Crippen LogP contribution in [0.5, 0.6) is 0 Å². The maximum Gasteiger partial charge on any atom is 0.416 e. The number of sulfonamides is 1. The van der Waals surface area contributed by atoms with Crippen molar-refractivity contribution in [1.82, 2.24) is 25.1 Å². The number of halogens is 4. The van der Waals surface area contributed by atoms with Crippen molar-refractivity contribution >= 4 is 27.7 Å². The number of tetrazole rings is 1. The number of nitrogens with zero attached hydrogens (tertiary/aromatic N) is 5. The standard InChI is InChI=1S/C22H22F4N6O3S2/c1-13-28-30-32(29-13)10-15-8-16(22(24,25)26)4-2-14(15)3-7-21(33)31-11-17(12-31)36-20-6-5-18(9-19(20)23)37(27,34)35/h2,4-6,8-9,17H,3,7,10-12H2,1H3,(H2,27,34,35). The Labute approximate surface area is 214 Å². The van der Waals surface area contributed by atoms with Gasteiger partial charge in [0.15, 0.2) is 5.82 Å². The SMILES string of the molecule is Cc1nnn(Cc2cc(C(F)(F)F)ccc2CCC(=O)N2CC(Sc3ccc(S(N)(=O)=O)cc3F)C2)n1. The van der Waals surface area contributed by atoms with Gasteiger partial charge >= 0.3 is 6.18 Å². The van der Waals surface area contributed by atoms with Crippen LogP contribution in [0.3, 0.4) is 0 Å². The van der Waals surface area contributed by atoms with Crippen LogP contribution in [0.4, 0.5) is 17.6 Å². The number of hydrogen-bond acceptors (Lipinski definition) is 7. The molecule has 0 unspecified atom stereocenters. The molecule has 198 valence electrons. The first kappa shape index (κ1) is 27.0. The Kier molecular flexibility index (Phi) is 7.57. The summed E-state index contributed by atoms with van der Waals surface area (Å²) in [4.78, 5) is 15.4. The smallest absolute Gasteiger partial charge is 0.340 e. The lowest BCUT2D eigenvalue weighted by molar-refractivity contribution is -0.137. The Morgan fingerprint density at radius 1 is 1.16 bits per heavy atom. The molecule has 0 bridgehead atoms. The Hall–Kier alpha value is -3.04. The van der Waals surface area contributed by atoms with Gasteiger partial charge in [-0.2, -0.15) is 18.0 Å². The van der Waals surface area contributed by atoms with Gasteiger partial charge in [-0.1, -0.05) is 6.07 Å². The van der Waals surface area contributed by atoms with Crippen molar-refractivity contribution in [1.29, 1.82) is 0 Å². The van der Waals surface area contributed by atoms with Gasteiger partial charge in [-0.3, -0.25) is 4.79 Å². The molecule has 2 aromatic carbocycles. The number of aromatic nitrogens is 4. The molecule has 0 spiro atoms. The van der Waals surface area contributed by atoms with Crippen LogP contribution < -0.4 is 5.14 Å². The zero-order chi connectivity index (χ0) is 27.0. The Balaban J connectivity index is 1.35. The second-order valence-electron chi connectivity index (χ2n) is 8.52. The third-order valence-corrected chi connectivity index (χ3v) is 7.86. The van der Waals surface area contributed by atoms with Gasteiger partial charge in [-0.05, 0) is 60.0 Å². The van der Waals surface area contributed by atoms with E-state index in [2.05, 4.69) is 15.4 Å². The monoisotopic (exact) mass is 558 g/mol. The highest BCUT2D eigenvalue weighted by atomic mass is 32.2. The molecule has 4 rings (SSSR count). The maximum absolute atomic E-state index is 14.3. The van der Waals surface area contributed by atoms with Gasteiger partial charge in [0.25, 0.3) is 0 Å². The molecule has 2 N–H and O–H groups in total. The van der Waals surface area contributed by atoms with E-state index in [1.165, 1.54) is 34.8 Å². The quantitative estimate of drug-likeness (QED) is 0.422. The molecule has 1 aliphatic rings. The van der Waals surface area contributed by atoms with E-state index in [9.17, 15) is 30.8 Å². The number of nitrogens with two attached hydrogens (primary N) is 1. The summed E-state index contributed by atoms with van der Waals surface area (Å²) in [6.07, 6.45) is -4.22. The van der Waals surface area contributed by atoms with Crippen LogP contribution in [0.25, 0.3) is 0 Å². The molecular weight excluding hydrogens is 536 g/mol. The fourth-order valence-corrected chi connectivity index (χ4v) is 5.50. The number of likely N-dealkylation sites (tertiary alicyclic amines) is 1. The van der Waals surface area contributed by atoms with Crippen molar-refractivity contribution in [3.8, 4) is 0 Å². The lowest BCUT2D eigenvalue weighted by Gasteiger charge is -2.39. The number of aryl methyl sites for hydroxylation is 2. The molecule has 1 fully saturated rings. The third-order valence-electron chi connectivity index (χ3n) is 5.73. The summed E-state index contributed by atoms with van der Waals surface area (Å²) in [6, 6.07) is 6.79. The van der Waals surface area contributed by atoms with Gasteiger partial charge in [-0.15, -0.1) is 22.0 Å². The third kappa shape index (κ3) is 6.64. The predicted molar refractivity (Wildman–Crippen MR) is 125 cm³/mol. The summed E-state index contributed by atoms with van der Waals surface area (Å²) >= 11 is 1.19. The van der Waals surface area contributed by atoms with Crippen LogP contribution in [-0.4, -0.2) is 57.8 Å². The van der Waals surface area contributed by atoms with E-state index >= 15 is 0 Å². The number of thioether (sulfide) groups is 1. The zero-order valence-electron chi connectivity index (χ0n) is 19.4.